The Hall–Kier alpha value is -0.865. The first-order chi connectivity index (χ1) is 6.20. The Morgan fingerprint density at radius 3 is 2.69 bits per heavy atom. The molecule has 3 nitrogen and oxygen atoms in total. The molecule has 2 rings (SSSR count). The van der Waals surface area contributed by atoms with Gasteiger partial charge in [-0.25, -0.2) is 0 Å². The van der Waals surface area contributed by atoms with Crippen molar-refractivity contribution >= 4 is 12.6 Å². The summed E-state index contributed by atoms with van der Waals surface area (Å²) < 4.78 is 0. The molecule has 0 radical (unpaired) electrons. The van der Waals surface area contributed by atoms with Crippen molar-refractivity contribution in [1.82, 2.24) is 4.98 Å². The summed E-state index contributed by atoms with van der Waals surface area (Å²) >= 11 is 0. The van der Waals surface area contributed by atoms with Crippen LogP contribution in [0, 0.1) is 6.92 Å². The van der Waals surface area contributed by atoms with Gasteiger partial charge in [-0.2, -0.15) is 0 Å². The van der Waals surface area contributed by atoms with Gasteiger partial charge in [0.25, 0.3) is 0 Å². The zero-order valence-corrected chi connectivity index (χ0v) is 7.57. The van der Waals surface area contributed by atoms with Crippen molar-refractivity contribution in [3.8, 4) is 0 Å². The Kier molecular flexibility index (Phi) is 2.10. The second kappa shape index (κ2) is 3.12. The maximum Gasteiger partial charge on any atom is 0.488 e. The number of hydrogen-bond donors (Lipinski definition) is 2. The minimum atomic E-state index is -1.36. The predicted octanol–water partition coefficient (Wildman–Crippen LogP) is -0.0528. The van der Waals surface area contributed by atoms with Gasteiger partial charge in [-0.1, -0.05) is 0 Å². The number of nitrogens with zero attached hydrogens (tertiary/aromatic N) is 1. The van der Waals surface area contributed by atoms with Gasteiger partial charge >= 0.3 is 7.12 Å². The highest BCUT2D eigenvalue weighted by molar-refractivity contribution is 6.59. The van der Waals surface area contributed by atoms with Crippen LogP contribution in [0.2, 0.25) is 0 Å². The van der Waals surface area contributed by atoms with E-state index in [-0.39, 0.29) is 0 Å². The maximum absolute atomic E-state index is 9.13. The molecule has 4 heteroatoms. The second-order valence-electron chi connectivity index (χ2n) is 3.55. The number of aryl methyl sites for hydroxylation is 1. The molecule has 1 aromatic heterocycles. The summed E-state index contributed by atoms with van der Waals surface area (Å²) in [5, 5.41) is 18.3. The SMILES string of the molecule is Cc1nccc(B(O)O)c1C1CC1. The Labute approximate surface area is 77.6 Å². The zero-order valence-electron chi connectivity index (χ0n) is 7.57. The smallest absolute Gasteiger partial charge is 0.423 e. The molecule has 0 aromatic carbocycles. The van der Waals surface area contributed by atoms with Crippen molar-refractivity contribution in [3.05, 3.63) is 23.5 Å². The first kappa shape index (κ1) is 8.72. The Morgan fingerprint density at radius 1 is 1.46 bits per heavy atom. The largest absolute Gasteiger partial charge is 0.488 e. The monoisotopic (exact) mass is 177 g/mol. The molecule has 1 heterocycles. The van der Waals surface area contributed by atoms with Crippen molar-refractivity contribution in [2.24, 2.45) is 0 Å². The molecule has 68 valence electrons. The van der Waals surface area contributed by atoms with Gasteiger partial charge in [0.15, 0.2) is 0 Å². The lowest BCUT2D eigenvalue weighted by Crippen LogP contribution is -2.33. The summed E-state index contributed by atoms with van der Waals surface area (Å²) in [6.07, 6.45) is 3.91. The molecule has 2 N–H and O–H groups in total. The lowest BCUT2D eigenvalue weighted by Gasteiger charge is -2.09. The van der Waals surface area contributed by atoms with Gasteiger partial charge in [0.1, 0.15) is 0 Å². The highest BCUT2D eigenvalue weighted by Gasteiger charge is 2.30. The van der Waals surface area contributed by atoms with Crippen LogP contribution >= 0.6 is 0 Å². The Morgan fingerprint density at radius 2 is 2.15 bits per heavy atom. The highest BCUT2D eigenvalue weighted by Crippen LogP contribution is 2.40. The van der Waals surface area contributed by atoms with Gasteiger partial charge in [-0.05, 0) is 42.8 Å². The number of aromatic nitrogens is 1. The summed E-state index contributed by atoms with van der Waals surface area (Å²) in [6.45, 7) is 1.92. The van der Waals surface area contributed by atoms with E-state index >= 15 is 0 Å². The molecule has 1 saturated carbocycles. The van der Waals surface area contributed by atoms with E-state index in [1.165, 1.54) is 0 Å². The van der Waals surface area contributed by atoms with Crippen LogP contribution < -0.4 is 5.46 Å². The molecule has 0 unspecified atom stereocenters. The van der Waals surface area contributed by atoms with Crippen LogP contribution in [-0.4, -0.2) is 22.2 Å². The third-order valence-electron chi connectivity index (χ3n) is 2.49. The zero-order chi connectivity index (χ0) is 9.42. The van der Waals surface area contributed by atoms with Gasteiger partial charge in [-0.3, -0.25) is 4.98 Å². The summed E-state index contributed by atoms with van der Waals surface area (Å²) in [7, 11) is -1.36. The predicted molar refractivity (Wildman–Crippen MR) is 50.8 cm³/mol. The lowest BCUT2D eigenvalue weighted by atomic mass is 9.76. The van der Waals surface area contributed by atoms with E-state index in [1.54, 1.807) is 12.3 Å². The fourth-order valence-corrected chi connectivity index (χ4v) is 1.73. The van der Waals surface area contributed by atoms with E-state index < -0.39 is 7.12 Å². The van der Waals surface area contributed by atoms with Gasteiger partial charge in [0.05, 0.1) is 0 Å². The molecule has 0 bridgehead atoms. The van der Waals surface area contributed by atoms with Crippen molar-refractivity contribution in [3.63, 3.8) is 0 Å². The first-order valence-electron chi connectivity index (χ1n) is 4.51. The summed E-state index contributed by atoms with van der Waals surface area (Å²) in [6, 6.07) is 1.69. The third-order valence-corrected chi connectivity index (χ3v) is 2.49. The minimum absolute atomic E-state index is 0.505. The Bertz CT molecular complexity index is 323. The molecular formula is C9H12BNO2. The van der Waals surface area contributed by atoms with E-state index in [0.717, 1.165) is 24.1 Å². The van der Waals surface area contributed by atoms with Crippen LogP contribution in [0.15, 0.2) is 12.3 Å². The highest BCUT2D eigenvalue weighted by atomic mass is 16.4. The average molecular weight is 177 g/mol. The van der Waals surface area contributed by atoms with Crippen LogP contribution in [0.25, 0.3) is 0 Å². The molecule has 0 spiro atoms. The number of pyridine rings is 1. The molecule has 13 heavy (non-hydrogen) atoms. The molecule has 0 saturated heterocycles. The van der Waals surface area contributed by atoms with Gasteiger partial charge < -0.3 is 10.0 Å². The standard InChI is InChI=1S/C9H12BNO2/c1-6-9(7-2-3-7)8(10(12)13)4-5-11-6/h4-5,7,12-13H,2-3H2,1H3. The van der Waals surface area contributed by atoms with Gasteiger partial charge in [-0.15, -0.1) is 0 Å². The molecule has 0 aliphatic heterocycles. The van der Waals surface area contributed by atoms with Crippen molar-refractivity contribution < 1.29 is 10.0 Å². The molecule has 1 fully saturated rings. The maximum atomic E-state index is 9.13. The van der Waals surface area contributed by atoms with Crippen LogP contribution in [0.4, 0.5) is 0 Å². The minimum Gasteiger partial charge on any atom is -0.423 e. The fraction of sp³-hybridized carbons (Fsp3) is 0.444. The summed E-state index contributed by atoms with van der Waals surface area (Å²) in [4.78, 5) is 4.16. The lowest BCUT2D eigenvalue weighted by molar-refractivity contribution is 0.425. The average Bonchev–Trinajstić information content (AvgIpc) is 2.86. The van der Waals surface area contributed by atoms with Crippen molar-refractivity contribution in [1.29, 1.82) is 0 Å². The van der Waals surface area contributed by atoms with Crippen molar-refractivity contribution in [2.45, 2.75) is 25.7 Å². The quantitative estimate of drug-likeness (QED) is 0.622. The molecule has 1 aromatic rings. The van der Waals surface area contributed by atoms with E-state index in [4.69, 9.17) is 10.0 Å². The van der Waals surface area contributed by atoms with E-state index in [9.17, 15) is 0 Å². The van der Waals surface area contributed by atoms with Crippen molar-refractivity contribution in [2.75, 3.05) is 0 Å². The van der Waals surface area contributed by atoms with Gasteiger partial charge in [0.2, 0.25) is 0 Å². The van der Waals surface area contributed by atoms with Crippen LogP contribution in [0.1, 0.15) is 30.0 Å². The van der Waals surface area contributed by atoms with E-state index in [0.29, 0.717) is 11.4 Å². The Balaban J connectivity index is 2.47. The van der Waals surface area contributed by atoms with Crippen LogP contribution in [0.3, 0.4) is 0 Å². The summed E-state index contributed by atoms with van der Waals surface area (Å²) in [5.41, 5.74) is 2.58. The van der Waals surface area contributed by atoms with E-state index in [1.807, 2.05) is 6.92 Å². The number of hydrogen-bond acceptors (Lipinski definition) is 3. The molecule has 1 aliphatic rings. The van der Waals surface area contributed by atoms with Crippen LogP contribution in [0.5, 0.6) is 0 Å². The van der Waals surface area contributed by atoms with Crippen LogP contribution in [-0.2, 0) is 0 Å². The molecule has 1 aliphatic carbocycles. The third kappa shape index (κ3) is 1.60. The topological polar surface area (TPSA) is 53.4 Å². The van der Waals surface area contributed by atoms with Gasteiger partial charge in [0, 0.05) is 11.9 Å². The fourth-order valence-electron chi connectivity index (χ4n) is 1.73. The number of rotatable bonds is 2. The molecule has 0 amide bonds. The normalized spacial score (nSPS) is 15.9. The molecular weight excluding hydrogens is 165 g/mol. The second-order valence-corrected chi connectivity index (χ2v) is 3.55. The molecule has 0 atom stereocenters. The summed E-state index contributed by atoms with van der Waals surface area (Å²) in [5.74, 6) is 0.505. The first-order valence-corrected chi connectivity index (χ1v) is 4.51. The van der Waals surface area contributed by atoms with E-state index in [2.05, 4.69) is 4.98 Å².